The SMILES string of the molecule is COc1cc(C[C@H]2C(=O)OC[C@@H]2Cc2ccc(OC(CO)C(O)c3ccc(O)c(OC)c3)c(OC)c2)ccc1O. The van der Waals surface area contributed by atoms with E-state index >= 15 is 0 Å². The molecule has 2 unspecified atom stereocenters. The number of methoxy groups -OCH3 is 3. The number of aliphatic hydroxyl groups is 2. The molecule has 0 aliphatic carbocycles. The van der Waals surface area contributed by atoms with Crippen LogP contribution in [0.4, 0.5) is 0 Å². The molecule has 1 fully saturated rings. The molecule has 3 aromatic rings. The molecule has 0 radical (unpaired) electrons. The fourth-order valence-corrected chi connectivity index (χ4v) is 4.86. The van der Waals surface area contributed by atoms with Gasteiger partial charge in [-0.1, -0.05) is 18.2 Å². The van der Waals surface area contributed by atoms with E-state index in [2.05, 4.69) is 0 Å². The van der Waals surface area contributed by atoms with Gasteiger partial charge in [0.25, 0.3) is 0 Å². The van der Waals surface area contributed by atoms with Crippen molar-refractivity contribution in [3.63, 3.8) is 0 Å². The van der Waals surface area contributed by atoms with Crippen LogP contribution in [0.15, 0.2) is 54.6 Å². The smallest absolute Gasteiger partial charge is 0.309 e. The van der Waals surface area contributed by atoms with Crippen LogP contribution in [0.25, 0.3) is 0 Å². The number of benzene rings is 3. The van der Waals surface area contributed by atoms with Crippen LogP contribution in [0.2, 0.25) is 0 Å². The molecule has 1 heterocycles. The third-order valence-electron chi connectivity index (χ3n) is 7.09. The molecular weight excluding hydrogens is 520 g/mol. The predicted molar refractivity (Wildman–Crippen MR) is 144 cm³/mol. The van der Waals surface area contributed by atoms with E-state index in [1.165, 1.54) is 39.5 Å². The molecule has 4 N–H and O–H groups in total. The number of phenols is 2. The van der Waals surface area contributed by atoms with E-state index in [1.807, 2.05) is 6.07 Å². The summed E-state index contributed by atoms with van der Waals surface area (Å²) in [5, 5.41) is 40.5. The van der Waals surface area contributed by atoms with Crippen molar-refractivity contribution >= 4 is 5.97 Å². The number of aromatic hydroxyl groups is 2. The van der Waals surface area contributed by atoms with Crippen LogP contribution in [-0.2, 0) is 22.4 Å². The summed E-state index contributed by atoms with van der Waals surface area (Å²) in [5.74, 6) is 0.492. The summed E-state index contributed by atoms with van der Waals surface area (Å²) < 4.78 is 27.2. The summed E-state index contributed by atoms with van der Waals surface area (Å²) in [6, 6.07) is 14.7. The minimum atomic E-state index is -1.22. The van der Waals surface area contributed by atoms with Crippen LogP contribution >= 0.6 is 0 Å². The Morgan fingerprint density at radius 3 is 2.10 bits per heavy atom. The Hall–Kier alpha value is -4.15. The first-order chi connectivity index (χ1) is 19.3. The third-order valence-corrected chi connectivity index (χ3v) is 7.09. The predicted octanol–water partition coefficient (Wildman–Crippen LogP) is 3.17. The number of aliphatic hydroxyl groups excluding tert-OH is 2. The summed E-state index contributed by atoms with van der Waals surface area (Å²) in [4.78, 5) is 12.6. The second kappa shape index (κ2) is 12.8. The largest absolute Gasteiger partial charge is 0.504 e. The zero-order chi connectivity index (χ0) is 28.8. The minimum Gasteiger partial charge on any atom is -0.504 e. The van der Waals surface area contributed by atoms with E-state index in [-0.39, 0.29) is 41.7 Å². The van der Waals surface area contributed by atoms with Crippen LogP contribution in [0, 0.1) is 11.8 Å². The monoisotopic (exact) mass is 554 g/mol. The highest BCUT2D eigenvalue weighted by Crippen LogP contribution is 2.36. The Labute approximate surface area is 232 Å². The van der Waals surface area contributed by atoms with Crippen molar-refractivity contribution in [2.24, 2.45) is 11.8 Å². The van der Waals surface area contributed by atoms with Gasteiger partial charge in [-0.3, -0.25) is 4.79 Å². The van der Waals surface area contributed by atoms with Crippen molar-refractivity contribution in [3.8, 4) is 34.5 Å². The summed E-state index contributed by atoms with van der Waals surface area (Å²) in [5.41, 5.74) is 2.14. The van der Waals surface area contributed by atoms with E-state index in [0.29, 0.717) is 35.7 Å². The fraction of sp³-hybridized carbons (Fsp3) is 0.367. The standard InChI is InChI=1S/C30H34O10/c1-36-25-12-18(4-7-22(25)32)11-21-20(16-39-30(21)35)10-17-5-9-24(27(13-17)38-3)40-28(15-31)29(34)19-6-8-23(33)26(14-19)37-2/h4-9,12-14,20-21,28-29,31-34H,10-11,15-16H2,1-3H3/t20-,21+,28?,29?/m0/s1. The second-order valence-electron chi connectivity index (χ2n) is 9.61. The van der Waals surface area contributed by atoms with E-state index in [9.17, 15) is 25.2 Å². The van der Waals surface area contributed by atoms with Gasteiger partial charge in [0.2, 0.25) is 0 Å². The van der Waals surface area contributed by atoms with Gasteiger partial charge in [-0.15, -0.1) is 0 Å². The highest BCUT2D eigenvalue weighted by Gasteiger charge is 2.37. The molecular formula is C30H34O10. The van der Waals surface area contributed by atoms with Crippen LogP contribution in [0.5, 0.6) is 34.5 Å². The zero-order valence-corrected chi connectivity index (χ0v) is 22.6. The zero-order valence-electron chi connectivity index (χ0n) is 22.6. The number of esters is 1. The highest BCUT2D eigenvalue weighted by atomic mass is 16.5. The molecule has 0 amide bonds. The lowest BCUT2D eigenvalue weighted by Gasteiger charge is -2.24. The Kier molecular flexibility index (Phi) is 9.23. The number of carbonyl (C=O) groups excluding carboxylic acids is 1. The van der Waals surface area contributed by atoms with Crippen molar-refractivity contribution in [3.05, 3.63) is 71.3 Å². The molecule has 0 saturated carbocycles. The molecule has 4 atom stereocenters. The summed E-state index contributed by atoms with van der Waals surface area (Å²) in [6.45, 7) is -0.200. The maximum atomic E-state index is 12.6. The normalized spacial score (nSPS) is 18.1. The lowest BCUT2D eigenvalue weighted by molar-refractivity contribution is -0.141. The summed E-state index contributed by atoms with van der Waals surface area (Å²) >= 11 is 0. The van der Waals surface area contributed by atoms with Gasteiger partial charge < -0.3 is 44.1 Å². The number of carbonyl (C=O) groups is 1. The van der Waals surface area contributed by atoms with Gasteiger partial charge in [-0.05, 0) is 65.9 Å². The molecule has 3 aromatic carbocycles. The molecule has 1 saturated heterocycles. The topological polar surface area (TPSA) is 144 Å². The van der Waals surface area contributed by atoms with Crippen LogP contribution in [0.3, 0.4) is 0 Å². The average molecular weight is 555 g/mol. The number of rotatable bonds is 12. The lowest BCUT2D eigenvalue weighted by atomic mass is 9.85. The molecule has 0 aromatic heterocycles. The Bertz CT molecular complexity index is 1320. The van der Waals surface area contributed by atoms with Crippen molar-refractivity contribution in [1.82, 2.24) is 0 Å². The molecule has 10 nitrogen and oxygen atoms in total. The van der Waals surface area contributed by atoms with E-state index in [1.54, 1.807) is 30.3 Å². The first kappa shape index (κ1) is 28.8. The quantitative estimate of drug-likeness (QED) is 0.246. The molecule has 4 rings (SSSR count). The van der Waals surface area contributed by atoms with Crippen molar-refractivity contribution < 1.29 is 48.9 Å². The third kappa shape index (κ3) is 6.35. The molecule has 40 heavy (non-hydrogen) atoms. The molecule has 0 bridgehead atoms. The summed E-state index contributed by atoms with van der Waals surface area (Å²) in [7, 11) is 4.36. The van der Waals surface area contributed by atoms with Gasteiger partial charge in [0.15, 0.2) is 40.6 Å². The molecule has 10 heteroatoms. The van der Waals surface area contributed by atoms with Gasteiger partial charge in [-0.25, -0.2) is 0 Å². The second-order valence-corrected chi connectivity index (χ2v) is 9.61. The Balaban J connectivity index is 1.48. The van der Waals surface area contributed by atoms with Gasteiger partial charge in [0.05, 0.1) is 40.5 Å². The van der Waals surface area contributed by atoms with Gasteiger partial charge in [-0.2, -0.15) is 0 Å². The number of phenolic OH excluding ortho intramolecular Hbond substituents is 2. The molecule has 1 aliphatic heterocycles. The molecule has 214 valence electrons. The maximum absolute atomic E-state index is 12.6. The highest BCUT2D eigenvalue weighted by molar-refractivity contribution is 5.75. The van der Waals surface area contributed by atoms with Crippen molar-refractivity contribution in [2.75, 3.05) is 34.5 Å². The summed E-state index contributed by atoms with van der Waals surface area (Å²) in [6.07, 6.45) is -1.26. The number of ether oxygens (including phenoxy) is 5. The average Bonchev–Trinajstić information content (AvgIpc) is 3.30. The minimum absolute atomic E-state index is 0.0324. The number of cyclic esters (lactones) is 1. The maximum Gasteiger partial charge on any atom is 0.309 e. The molecule has 1 aliphatic rings. The Morgan fingerprint density at radius 2 is 1.43 bits per heavy atom. The fourth-order valence-electron chi connectivity index (χ4n) is 4.86. The van der Waals surface area contributed by atoms with Gasteiger partial charge in [0, 0.05) is 5.92 Å². The number of hydrogen-bond acceptors (Lipinski definition) is 10. The van der Waals surface area contributed by atoms with E-state index in [0.717, 1.165) is 11.1 Å². The first-order valence-corrected chi connectivity index (χ1v) is 12.8. The number of hydrogen-bond donors (Lipinski definition) is 4. The van der Waals surface area contributed by atoms with Gasteiger partial charge in [0.1, 0.15) is 6.10 Å². The van der Waals surface area contributed by atoms with E-state index in [4.69, 9.17) is 23.7 Å². The van der Waals surface area contributed by atoms with Crippen molar-refractivity contribution in [1.29, 1.82) is 0 Å². The van der Waals surface area contributed by atoms with E-state index < -0.39 is 18.8 Å². The Morgan fingerprint density at radius 1 is 0.825 bits per heavy atom. The van der Waals surface area contributed by atoms with Crippen LogP contribution in [0.1, 0.15) is 22.8 Å². The first-order valence-electron chi connectivity index (χ1n) is 12.8. The van der Waals surface area contributed by atoms with Crippen LogP contribution in [-0.4, -0.2) is 67.0 Å². The molecule has 0 spiro atoms. The van der Waals surface area contributed by atoms with Crippen molar-refractivity contribution in [2.45, 2.75) is 25.0 Å². The van der Waals surface area contributed by atoms with Gasteiger partial charge >= 0.3 is 5.97 Å². The van der Waals surface area contributed by atoms with Crippen LogP contribution < -0.4 is 18.9 Å². The lowest BCUT2D eigenvalue weighted by Crippen LogP contribution is -2.29.